The van der Waals surface area contributed by atoms with Gasteiger partial charge in [0.25, 0.3) is 0 Å². The molecule has 2 fully saturated rings. The van der Waals surface area contributed by atoms with E-state index in [9.17, 15) is 0 Å². The van der Waals surface area contributed by atoms with Gasteiger partial charge in [0.15, 0.2) is 0 Å². The Morgan fingerprint density at radius 1 is 1.12 bits per heavy atom. The smallest absolute Gasteiger partial charge is 0.130 e. The number of hydrogen-bond acceptors (Lipinski definition) is 7. The fraction of sp³-hybridized carbons (Fsp3) is 0.435. The highest BCUT2D eigenvalue weighted by molar-refractivity contribution is 5.78. The molecule has 3 aliphatic heterocycles. The van der Waals surface area contributed by atoms with E-state index in [1.807, 2.05) is 12.3 Å². The summed E-state index contributed by atoms with van der Waals surface area (Å²) >= 11 is 0. The molecule has 3 aromatic heterocycles. The Balaban J connectivity index is 1.55. The lowest BCUT2D eigenvalue weighted by Crippen LogP contribution is -2.44. The maximum atomic E-state index is 5.69. The number of fused-ring (bicyclic) bond motifs is 1. The van der Waals surface area contributed by atoms with Crippen molar-refractivity contribution in [3.63, 3.8) is 0 Å². The Kier molecular flexibility index (Phi) is 4.73. The van der Waals surface area contributed by atoms with E-state index in [0.29, 0.717) is 26.4 Å². The molecule has 0 spiro atoms. The number of pyridine rings is 1. The number of rotatable bonds is 4. The summed E-state index contributed by atoms with van der Waals surface area (Å²) in [7, 11) is 2.08. The van der Waals surface area contributed by atoms with Crippen LogP contribution in [0.25, 0.3) is 17.3 Å². The second-order valence-corrected chi connectivity index (χ2v) is 8.69. The normalized spacial score (nSPS) is 23.3. The summed E-state index contributed by atoms with van der Waals surface area (Å²) in [6, 6.07) is 6.81. The molecule has 0 amide bonds. The third-order valence-corrected chi connectivity index (χ3v) is 6.61. The van der Waals surface area contributed by atoms with Crippen LogP contribution in [0, 0.1) is 0 Å². The third kappa shape index (κ3) is 3.11. The molecule has 3 aliphatic rings. The number of morpholine rings is 1. The van der Waals surface area contributed by atoms with E-state index >= 15 is 0 Å². The van der Waals surface area contributed by atoms with Crippen molar-refractivity contribution in [3.05, 3.63) is 53.7 Å². The molecule has 0 radical (unpaired) electrons. The number of H-pyrrole nitrogens is 1. The summed E-state index contributed by atoms with van der Waals surface area (Å²) in [6.07, 6.45) is 7.94. The molecule has 6 heterocycles. The first-order valence-electron chi connectivity index (χ1n) is 11.1. The van der Waals surface area contributed by atoms with Gasteiger partial charge in [-0.05, 0) is 31.2 Å². The van der Waals surface area contributed by atoms with Crippen LogP contribution in [0.1, 0.15) is 36.0 Å². The first kappa shape index (κ1) is 19.5. The van der Waals surface area contributed by atoms with Gasteiger partial charge in [-0.1, -0.05) is 0 Å². The summed E-state index contributed by atoms with van der Waals surface area (Å²) < 4.78 is 13.2. The van der Waals surface area contributed by atoms with Crippen LogP contribution in [-0.4, -0.2) is 75.9 Å². The number of aromatic nitrogens is 5. The van der Waals surface area contributed by atoms with Crippen LogP contribution < -0.4 is 4.90 Å². The highest BCUT2D eigenvalue weighted by Gasteiger charge is 2.32. The second-order valence-electron chi connectivity index (χ2n) is 8.69. The topological polar surface area (TPSA) is 84.3 Å². The second kappa shape index (κ2) is 7.75. The molecule has 166 valence electrons. The van der Waals surface area contributed by atoms with E-state index in [1.54, 1.807) is 6.20 Å². The van der Waals surface area contributed by atoms with E-state index in [-0.39, 0.29) is 18.1 Å². The zero-order chi connectivity index (χ0) is 21.7. The average Bonchev–Trinajstić information content (AvgIpc) is 3.44. The quantitative estimate of drug-likeness (QED) is 0.677. The van der Waals surface area contributed by atoms with Crippen molar-refractivity contribution in [2.75, 3.05) is 44.9 Å². The van der Waals surface area contributed by atoms with Gasteiger partial charge in [-0.2, -0.15) is 10.2 Å². The summed E-state index contributed by atoms with van der Waals surface area (Å²) in [5, 5.41) is 12.0. The van der Waals surface area contributed by atoms with Gasteiger partial charge in [0.1, 0.15) is 11.9 Å². The minimum Gasteiger partial charge on any atom is -0.377 e. The average molecular weight is 434 g/mol. The first-order valence-corrected chi connectivity index (χ1v) is 11.1. The van der Waals surface area contributed by atoms with Gasteiger partial charge in [-0.25, -0.2) is 4.98 Å². The third-order valence-electron chi connectivity index (χ3n) is 6.61. The fourth-order valence-corrected chi connectivity index (χ4v) is 4.81. The standard InChI is InChI=1S/C23H27N7O2/c1-15-12-31-10-9-29(15)21-11-18(20-4-7-25-30(20)16-13-32-14-16)17-5-8-28(2)23(22(17)26-21)19-3-6-24-27-19/h3-8,11,15-16,23H,9-10,12-14H2,1-2H3,(H,24,27)/t15-,23?/m1/s1. The minimum absolute atomic E-state index is 0.0454. The molecular formula is C23H27N7O2. The first-order chi connectivity index (χ1) is 15.7. The lowest BCUT2D eigenvalue weighted by atomic mass is 9.94. The number of ether oxygens (including phenoxy) is 2. The summed E-state index contributed by atoms with van der Waals surface area (Å²) in [6.45, 7) is 5.82. The van der Waals surface area contributed by atoms with Crippen LogP contribution in [0.5, 0.6) is 0 Å². The molecule has 2 atom stereocenters. The SMILES string of the molecule is C[C@@H]1COCCN1c1cc(-c2ccnn2C2COC2)c2c(n1)C(c1ccn[nH]1)N(C)C=C2. The zero-order valence-electron chi connectivity index (χ0n) is 18.3. The number of anilines is 1. The molecule has 6 rings (SSSR count). The monoisotopic (exact) mass is 433 g/mol. The van der Waals surface area contributed by atoms with E-state index < -0.39 is 0 Å². The molecule has 1 unspecified atom stereocenters. The van der Waals surface area contributed by atoms with Crippen LogP contribution in [0.15, 0.2) is 36.8 Å². The van der Waals surface area contributed by atoms with Gasteiger partial charge in [0, 0.05) is 43.3 Å². The van der Waals surface area contributed by atoms with E-state index in [4.69, 9.17) is 14.5 Å². The van der Waals surface area contributed by atoms with Crippen molar-refractivity contribution in [2.24, 2.45) is 0 Å². The zero-order valence-corrected chi connectivity index (χ0v) is 18.3. The Bertz CT molecular complexity index is 1140. The molecule has 9 nitrogen and oxygen atoms in total. The van der Waals surface area contributed by atoms with Gasteiger partial charge >= 0.3 is 0 Å². The molecule has 32 heavy (non-hydrogen) atoms. The van der Waals surface area contributed by atoms with Crippen molar-refractivity contribution < 1.29 is 9.47 Å². The Labute approximate surface area is 186 Å². The van der Waals surface area contributed by atoms with Gasteiger partial charge in [-0.15, -0.1) is 0 Å². The molecule has 1 N–H and O–H groups in total. The summed E-state index contributed by atoms with van der Waals surface area (Å²) in [5.74, 6) is 0.973. The van der Waals surface area contributed by atoms with Gasteiger partial charge in [0.2, 0.25) is 0 Å². The maximum absolute atomic E-state index is 5.69. The number of nitrogens with one attached hydrogen (secondary N) is 1. The summed E-state index contributed by atoms with van der Waals surface area (Å²) in [4.78, 5) is 9.76. The van der Waals surface area contributed by atoms with Crippen LogP contribution in [0.2, 0.25) is 0 Å². The number of nitrogens with zero attached hydrogens (tertiary/aromatic N) is 6. The minimum atomic E-state index is -0.0454. The molecule has 3 aromatic rings. The molecule has 0 saturated carbocycles. The fourth-order valence-electron chi connectivity index (χ4n) is 4.81. The van der Waals surface area contributed by atoms with Crippen molar-refractivity contribution in [3.8, 4) is 11.3 Å². The molecule has 2 saturated heterocycles. The van der Waals surface area contributed by atoms with E-state index in [1.165, 1.54) is 0 Å². The number of aromatic amines is 1. The molecule has 0 bridgehead atoms. The maximum Gasteiger partial charge on any atom is 0.130 e. The summed E-state index contributed by atoms with van der Waals surface area (Å²) in [5.41, 5.74) is 5.39. The van der Waals surface area contributed by atoms with E-state index in [2.05, 4.69) is 68.2 Å². The Morgan fingerprint density at radius 2 is 2.03 bits per heavy atom. The predicted octanol–water partition coefficient (Wildman–Crippen LogP) is 2.47. The highest BCUT2D eigenvalue weighted by Crippen LogP contribution is 2.40. The van der Waals surface area contributed by atoms with Crippen LogP contribution in [0.4, 0.5) is 5.82 Å². The van der Waals surface area contributed by atoms with Crippen LogP contribution >= 0.6 is 0 Å². The van der Waals surface area contributed by atoms with Crippen molar-refractivity contribution in [1.29, 1.82) is 0 Å². The molecule has 0 aliphatic carbocycles. The lowest BCUT2D eigenvalue weighted by molar-refractivity contribution is -0.0278. The van der Waals surface area contributed by atoms with Crippen LogP contribution in [-0.2, 0) is 9.47 Å². The van der Waals surface area contributed by atoms with Crippen molar-refractivity contribution in [2.45, 2.75) is 25.0 Å². The Hall–Kier alpha value is -3.17. The lowest BCUT2D eigenvalue weighted by Gasteiger charge is -2.37. The molecule has 0 aromatic carbocycles. The van der Waals surface area contributed by atoms with E-state index in [0.717, 1.165) is 40.6 Å². The molecule has 9 heteroatoms. The van der Waals surface area contributed by atoms with Gasteiger partial charge < -0.3 is 19.3 Å². The van der Waals surface area contributed by atoms with Crippen LogP contribution in [0.3, 0.4) is 0 Å². The Morgan fingerprint density at radius 3 is 2.78 bits per heavy atom. The van der Waals surface area contributed by atoms with Gasteiger partial charge in [-0.3, -0.25) is 9.78 Å². The van der Waals surface area contributed by atoms with Crippen molar-refractivity contribution >= 4 is 11.9 Å². The number of hydrogen-bond donors (Lipinski definition) is 1. The van der Waals surface area contributed by atoms with Crippen molar-refractivity contribution in [1.82, 2.24) is 29.9 Å². The predicted molar refractivity (Wildman–Crippen MR) is 120 cm³/mol. The van der Waals surface area contributed by atoms with Gasteiger partial charge in [0.05, 0.1) is 55.6 Å². The largest absolute Gasteiger partial charge is 0.377 e. The molecular weight excluding hydrogens is 406 g/mol. The highest BCUT2D eigenvalue weighted by atomic mass is 16.5.